The monoisotopic (exact) mass is 228 g/mol. The van der Waals surface area contributed by atoms with Crippen molar-refractivity contribution in [3.05, 3.63) is 0 Å². The zero-order chi connectivity index (χ0) is 12.8. The molecule has 0 aromatic carbocycles. The molecule has 16 heavy (non-hydrogen) atoms. The van der Waals surface area contributed by atoms with Crippen LogP contribution in [0.3, 0.4) is 0 Å². The topological polar surface area (TPSA) is 0 Å². The zero-order valence-electron chi connectivity index (χ0n) is 12.8. The summed E-state index contributed by atoms with van der Waals surface area (Å²) in [5, 5.41) is 0. The van der Waals surface area contributed by atoms with Crippen LogP contribution < -0.4 is 0 Å². The lowest BCUT2D eigenvalue weighted by Gasteiger charge is -2.22. The van der Waals surface area contributed by atoms with Crippen LogP contribution in [0.1, 0.15) is 92.9 Å². The second-order valence-corrected chi connectivity index (χ2v) is 5.43. The van der Waals surface area contributed by atoms with E-state index in [-0.39, 0.29) is 0 Å². The van der Waals surface area contributed by atoms with Gasteiger partial charge in [-0.25, -0.2) is 0 Å². The molecule has 100 valence electrons. The molecule has 0 N–H and O–H groups in total. The van der Waals surface area contributed by atoms with Gasteiger partial charge in [0.15, 0.2) is 0 Å². The Kier molecular flexibility index (Phi) is 17.2. The molecule has 1 saturated carbocycles. The van der Waals surface area contributed by atoms with E-state index in [0.717, 1.165) is 11.8 Å². The molecule has 0 spiro atoms. The number of hydrogen-bond acceptors (Lipinski definition) is 0. The van der Waals surface area contributed by atoms with Crippen LogP contribution in [-0.4, -0.2) is 0 Å². The molecule has 1 aliphatic rings. The van der Waals surface area contributed by atoms with Gasteiger partial charge in [-0.2, -0.15) is 0 Å². The lowest BCUT2D eigenvalue weighted by Crippen LogP contribution is -2.08. The fraction of sp³-hybridized carbons (Fsp3) is 1.00. The van der Waals surface area contributed by atoms with Gasteiger partial charge in [0.25, 0.3) is 0 Å². The normalized spacial score (nSPS) is 23.6. The maximum Gasteiger partial charge on any atom is -0.0443 e. The summed E-state index contributed by atoms with van der Waals surface area (Å²) in [6.45, 7) is 13.4. The van der Waals surface area contributed by atoms with Gasteiger partial charge in [-0.15, -0.1) is 0 Å². The molecule has 0 heterocycles. The van der Waals surface area contributed by atoms with Crippen LogP contribution in [0.2, 0.25) is 0 Å². The first-order chi connectivity index (χ1) is 7.62. The summed E-state index contributed by atoms with van der Waals surface area (Å²) in [7, 11) is 0. The molecular weight excluding hydrogens is 192 g/mol. The highest BCUT2D eigenvalue weighted by atomic mass is 14.2. The Balaban J connectivity index is 0. The molecule has 0 aliphatic heterocycles. The van der Waals surface area contributed by atoms with Gasteiger partial charge in [0.2, 0.25) is 0 Å². The molecule has 0 amide bonds. The lowest BCUT2D eigenvalue weighted by atomic mass is 9.84. The maximum atomic E-state index is 2.37. The van der Waals surface area contributed by atoms with Crippen LogP contribution in [0.4, 0.5) is 0 Å². The van der Waals surface area contributed by atoms with Crippen molar-refractivity contribution < 1.29 is 0 Å². The molecule has 0 nitrogen and oxygen atoms in total. The van der Waals surface area contributed by atoms with Crippen molar-refractivity contribution in [2.24, 2.45) is 11.8 Å². The van der Waals surface area contributed by atoms with Gasteiger partial charge in [-0.1, -0.05) is 92.9 Å². The summed E-state index contributed by atoms with van der Waals surface area (Å²) in [5.41, 5.74) is 0. The third-order valence-corrected chi connectivity index (χ3v) is 3.01. The van der Waals surface area contributed by atoms with Gasteiger partial charge in [-0.3, -0.25) is 0 Å². The van der Waals surface area contributed by atoms with Gasteiger partial charge >= 0.3 is 0 Å². The van der Waals surface area contributed by atoms with Crippen molar-refractivity contribution in [3.63, 3.8) is 0 Å². The second-order valence-electron chi connectivity index (χ2n) is 5.43. The average molecular weight is 228 g/mol. The Morgan fingerprint density at radius 2 is 0.938 bits per heavy atom. The molecule has 0 bridgehead atoms. The third kappa shape index (κ3) is 16.4. The maximum absolute atomic E-state index is 2.37. The minimum Gasteiger partial charge on any atom is -0.0656 e. The minimum absolute atomic E-state index is 1.02. The minimum atomic E-state index is 1.02. The first-order valence-corrected chi connectivity index (χ1v) is 7.62. The quantitative estimate of drug-likeness (QED) is 0.510. The van der Waals surface area contributed by atoms with E-state index in [9.17, 15) is 0 Å². The third-order valence-electron chi connectivity index (χ3n) is 3.01. The Morgan fingerprint density at radius 3 is 1.06 bits per heavy atom. The highest BCUT2D eigenvalue weighted by molar-refractivity contribution is 4.65. The molecule has 0 radical (unpaired) electrons. The smallest absolute Gasteiger partial charge is 0.0443 e. The first kappa shape index (κ1) is 18.4. The number of hydrogen-bond donors (Lipinski definition) is 0. The Hall–Kier alpha value is 0. The summed E-state index contributed by atoms with van der Waals surface area (Å²) in [6, 6.07) is 0. The first-order valence-electron chi connectivity index (χ1n) is 7.62. The molecule has 0 aromatic heterocycles. The van der Waals surface area contributed by atoms with Crippen molar-refractivity contribution in [2.45, 2.75) is 92.9 Å². The van der Waals surface area contributed by atoms with Crippen LogP contribution in [0.15, 0.2) is 0 Å². The van der Waals surface area contributed by atoms with Crippen LogP contribution in [0.5, 0.6) is 0 Å². The number of unbranched alkanes of at least 4 members (excludes halogenated alkanes) is 2. The van der Waals surface area contributed by atoms with E-state index in [1.165, 1.54) is 51.4 Å². The molecule has 1 aliphatic carbocycles. The van der Waals surface area contributed by atoms with Gasteiger partial charge < -0.3 is 0 Å². The van der Waals surface area contributed by atoms with Crippen LogP contribution in [0, 0.1) is 11.8 Å². The fourth-order valence-corrected chi connectivity index (χ4v) is 1.78. The van der Waals surface area contributed by atoms with Gasteiger partial charge in [0.05, 0.1) is 0 Å². The highest BCUT2D eigenvalue weighted by Gasteiger charge is 2.13. The van der Waals surface area contributed by atoms with E-state index in [0.29, 0.717) is 0 Å². The van der Waals surface area contributed by atoms with E-state index < -0.39 is 0 Å². The van der Waals surface area contributed by atoms with Crippen LogP contribution in [-0.2, 0) is 0 Å². The Bertz CT molecular complexity index is 86.6. The predicted octanol–water partition coefficient (Wildman–Crippen LogP) is 6.45. The zero-order valence-corrected chi connectivity index (χ0v) is 12.8. The Morgan fingerprint density at radius 1 is 0.688 bits per heavy atom. The SMILES string of the molecule is CC1CCC(C)CC1.CCC.CCCCC. The largest absolute Gasteiger partial charge is 0.0656 e. The Labute approximate surface area is 105 Å². The lowest BCUT2D eigenvalue weighted by molar-refractivity contribution is 0.308. The predicted molar refractivity (Wildman–Crippen MR) is 78.0 cm³/mol. The van der Waals surface area contributed by atoms with Crippen LogP contribution >= 0.6 is 0 Å². The molecule has 0 heteroatoms. The summed E-state index contributed by atoms with van der Waals surface area (Å²) in [6.07, 6.45) is 11.2. The molecular formula is C16H36. The summed E-state index contributed by atoms with van der Waals surface area (Å²) in [5.74, 6) is 2.04. The standard InChI is InChI=1S/C8H16.C5H12.C3H8/c1-7-3-5-8(2)6-4-7;1-3-5-4-2;1-3-2/h7-8H,3-6H2,1-2H3;3-5H2,1-2H3;3H2,1-2H3. The number of rotatable bonds is 2. The van der Waals surface area contributed by atoms with Gasteiger partial charge in [0, 0.05) is 0 Å². The van der Waals surface area contributed by atoms with Crippen molar-refractivity contribution in [1.29, 1.82) is 0 Å². The van der Waals surface area contributed by atoms with Crippen molar-refractivity contribution in [1.82, 2.24) is 0 Å². The molecule has 1 rings (SSSR count). The molecule has 0 aromatic rings. The van der Waals surface area contributed by atoms with Crippen molar-refractivity contribution in [3.8, 4) is 0 Å². The van der Waals surface area contributed by atoms with Crippen molar-refractivity contribution in [2.75, 3.05) is 0 Å². The van der Waals surface area contributed by atoms with E-state index in [4.69, 9.17) is 0 Å². The highest BCUT2D eigenvalue weighted by Crippen LogP contribution is 2.27. The molecule has 0 unspecified atom stereocenters. The van der Waals surface area contributed by atoms with E-state index in [1.807, 2.05) is 0 Å². The van der Waals surface area contributed by atoms with E-state index in [2.05, 4.69) is 41.5 Å². The van der Waals surface area contributed by atoms with E-state index in [1.54, 1.807) is 0 Å². The molecule has 1 fully saturated rings. The summed E-state index contributed by atoms with van der Waals surface area (Å²) >= 11 is 0. The fourth-order valence-electron chi connectivity index (χ4n) is 1.78. The van der Waals surface area contributed by atoms with Crippen molar-refractivity contribution >= 4 is 0 Å². The second kappa shape index (κ2) is 15.0. The van der Waals surface area contributed by atoms with Crippen LogP contribution in [0.25, 0.3) is 0 Å². The van der Waals surface area contributed by atoms with E-state index >= 15 is 0 Å². The van der Waals surface area contributed by atoms with Gasteiger partial charge in [0.1, 0.15) is 0 Å². The molecule has 0 saturated heterocycles. The summed E-state index contributed by atoms with van der Waals surface area (Å²) < 4.78 is 0. The average Bonchev–Trinajstić information content (AvgIpc) is 2.26. The van der Waals surface area contributed by atoms with Gasteiger partial charge in [-0.05, 0) is 11.8 Å². The molecule has 0 atom stereocenters. The summed E-state index contributed by atoms with van der Waals surface area (Å²) in [4.78, 5) is 0.